The average Bonchev–Trinajstić information content (AvgIpc) is 3.03. The molecule has 0 saturated carbocycles. The molecule has 2 heterocycles. The van der Waals surface area contributed by atoms with Gasteiger partial charge in [0.1, 0.15) is 30.3 Å². The lowest BCUT2D eigenvalue weighted by Gasteiger charge is -2.09. The van der Waals surface area contributed by atoms with Crippen molar-refractivity contribution in [3.63, 3.8) is 0 Å². The first-order valence-corrected chi connectivity index (χ1v) is 8.96. The lowest BCUT2D eigenvalue weighted by molar-refractivity contribution is 0.126. The van der Waals surface area contributed by atoms with E-state index in [-0.39, 0.29) is 0 Å². The highest BCUT2D eigenvalue weighted by Crippen LogP contribution is 2.30. The number of nitrogen functional groups attached to an aromatic ring is 1. The third-order valence-corrected chi connectivity index (χ3v) is 4.58. The number of fused-ring (bicyclic) bond motifs is 3. The first-order chi connectivity index (χ1) is 13.2. The van der Waals surface area contributed by atoms with Gasteiger partial charge in [-0.3, -0.25) is 0 Å². The molecule has 2 aromatic carbocycles. The second-order valence-corrected chi connectivity index (χ2v) is 6.37. The molecule has 0 aliphatic carbocycles. The Morgan fingerprint density at radius 2 is 1.85 bits per heavy atom. The van der Waals surface area contributed by atoms with Crippen molar-refractivity contribution >= 4 is 27.8 Å². The predicted molar refractivity (Wildman–Crippen MR) is 107 cm³/mol. The molecule has 6 heteroatoms. The van der Waals surface area contributed by atoms with Gasteiger partial charge in [0.2, 0.25) is 0 Å². The Morgan fingerprint density at radius 3 is 2.63 bits per heavy atom. The van der Waals surface area contributed by atoms with E-state index in [0.717, 1.165) is 33.6 Å². The van der Waals surface area contributed by atoms with Crippen molar-refractivity contribution in [3.05, 3.63) is 59.9 Å². The molecule has 27 heavy (non-hydrogen) atoms. The predicted octanol–water partition coefficient (Wildman–Crippen LogP) is 3.82. The van der Waals surface area contributed by atoms with E-state index < -0.39 is 0 Å². The minimum Gasteiger partial charge on any atom is -0.489 e. The molecule has 0 amide bonds. The smallest absolute Gasteiger partial charge is 0.152 e. The Kier molecular flexibility index (Phi) is 4.64. The van der Waals surface area contributed by atoms with Crippen molar-refractivity contribution in [3.8, 4) is 5.75 Å². The van der Waals surface area contributed by atoms with Gasteiger partial charge in [-0.1, -0.05) is 30.3 Å². The SMILES string of the molecule is CCOCc1nc2c(N)nc3cc(OCc4ccccc4)ccc3c2n1C. The van der Waals surface area contributed by atoms with E-state index >= 15 is 0 Å². The highest BCUT2D eigenvalue weighted by atomic mass is 16.5. The summed E-state index contributed by atoms with van der Waals surface area (Å²) in [5.74, 6) is 2.00. The van der Waals surface area contributed by atoms with Gasteiger partial charge in [-0.2, -0.15) is 0 Å². The summed E-state index contributed by atoms with van der Waals surface area (Å²) >= 11 is 0. The molecule has 0 atom stereocenters. The van der Waals surface area contributed by atoms with Gasteiger partial charge in [0.15, 0.2) is 5.82 Å². The number of nitrogens with two attached hydrogens (primary N) is 1. The molecule has 4 rings (SSSR count). The maximum Gasteiger partial charge on any atom is 0.152 e. The van der Waals surface area contributed by atoms with Gasteiger partial charge >= 0.3 is 0 Å². The summed E-state index contributed by atoms with van der Waals surface area (Å²) in [7, 11) is 1.97. The number of hydrogen-bond donors (Lipinski definition) is 1. The fourth-order valence-electron chi connectivity index (χ4n) is 3.17. The van der Waals surface area contributed by atoms with Gasteiger partial charge in [0.05, 0.1) is 11.0 Å². The summed E-state index contributed by atoms with van der Waals surface area (Å²) in [5, 5.41) is 0.990. The number of aromatic nitrogens is 3. The second-order valence-electron chi connectivity index (χ2n) is 6.37. The third kappa shape index (κ3) is 3.31. The number of ether oxygens (including phenoxy) is 2. The van der Waals surface area contributed by atoms with Crippen LogP contribution >= 0.6 is 0 Å². The van der Waals surface area contributed by atoms with Crippen molar-refractivity contribution < 1.29 is 9.47 Å². The minimum absolute atomic E-state index is 0.413. The van der Waals surface area contributed by atoms with Gasteiger partial charge < -0.3 is 19.8 Å². The molecule has 0 spiro atoms. The van der Waals surface area contributed by atoms with Crippen LogP contribution in [0.5, 0.6) is 5.75 Å². The molecular weight excluding hydrogens is 340 g/mol. The molecule has 0 saturated heterocycles. The van der Waals surface area contributed by atoms with E-state index in [1.54, 1.807) is 0 Å². The number of imidazole rings is 1. The van der Waals surface area contributed by atoms with E-state index in [1.807, 2.05) is 67.1 Å². The minimum atomic E-state index is 0.413. The van der Waals surface area contributed by atoms with Crippen LogP contribution in [-0.2, 0) is 25.0 Å². The van der Waals surface area contributed by atoms with Crippen LogP contribution in [0.1, 0.15) is 18.3 Å². The average molecular weight is 362 g/mol. The van der Waals surface area contributed by atoms with Crippen LogP contribution in [0.4, 0.5) is 5.82 Å². The second kappa shape index (κ2) is 7.25. The Bertz CT molecular complexity index is 1090. The zero-order valence-corrected chi connectivity index (χ0v) is 15.5. The van der Waals surface area contributed by atoms with Crippen molar-refractivity contribution in [2.75, 3.05) is 12.3 Å². The topological polar surface area (TPSA) is 75.2 Å². The van der Waals surface area contributed by atoms with Crippen LogP contribution < -0.4 is 10.5 Å². The van der Waals surface area contributed by atoms with E-state index in [9.17, 15) is 0 Å². The molecule has 0 bridgehead atoms. The van der Waals surface area contributed by atoms with Crippen LogP contribution in [0.3, 0.4) is 0 Å². The number of rotatable bonds is 6. The zero-order valence-electron chi connectivity index (χ0n) is 15.5. The third-order valence-electron chi connectivity index (χ3n) is 4.58. The summed E-state index contributed by atoms with van der Waals surface area (Å²) < 4.78 is 13.5. The highest BCUT2D eigenvalue weighted by Gasteiger charge is 2.15. The lowest BCUT2D eigenvalue weighted by Crippen LogP contribution is -2.01. The molecule has 138 valence electrons. The van der Waals surface area contributed by atoms with Crippen molar-refractivity contribution in [1.29, 1.82) is 0 Å². The number of pyridine rings is 1. The monoisotopic (exact) mass is 362 g/mol. The van der Waals surface area contributed by atoms with Gasteiger partial charge in [-0.05, 0) is 24.6 Å². The van der Waals surface area contributed by atoms with Crippen LogP contribution in [-0.4, -0.2) is 21.1 Å². The molecule has 0 unspecified atom stereocenters. The maximum absolute atomic E-state index is 6.18. The number of anilines is 1. The van der Waals surface area contributed by atoms with Crippen molar-refractivity contribution in [2.24, 2.45) is 7.05 Å². The first kappa shape index (κ1) is 17.3. The molecular formula is C21H22N4O2. The summed E-state index contributed by atoms with van der Waals surface area (Å²) in [4.78, 5) is 9.15. The molecule has 0 radical (unpaired) electrons. The molecule has 6 nitrogen and oxygen atoms in total. The van der Waals surface area contributed by atoms with E-state index in [2.05, 4.69) is 9.97 Å². The van der Waals surface area contributed by atoms with Gasteiger partial charge in [0, 0.05) is 25.1 Å². The number of benzene rings is 2. The molecule has 0 aliphatic rings. The fraction of sp³-hybridized carbons (Fsp3) is 0.238. The van der Waals surface area contributed by atoms with Crippen LogP contribution in [0.25, 0.3) is 21.9 Å². The molecule has 0 fully saturated rings. The van der Waals surface area contributed by atoms with Crippen molar-refractivity contribution in [1.82, 2.24) is 14.5 Å². The summed E-state index contributed by atoms with van der Waals surface area (Å²) in [6.07, 6.45) is 0. The highest BCUT2D eigenvalue weighted by molar-refractivity contribution is 6.06. The molecule has 4 aromatic rings. The Balaban J connectivity index is 1.71. The van der Waals surface area contributed by atoms with E-state index in [0.29, 0.717) is 31.2 Å². The molecule has 2 aromatic heterocycles. The van der Waals surface area contributed by atoms with E-state index in [1.165, 1.54) is 0 Å². The van der Waals surface area contributed by atoms with E-state index in [4.69, 9.17) is 15.2 Å². The van der Waals surface area contributed by atoms with Gasteiger partial charge in [0.25, 0.3) is 0 Å². The fourth-order valence-corrected chi connectivity index (χ4v) is 3.17. The van der Waals surface area contributed by atoms with Crippen LogP contribution in [0.15, 0.2) is 48.5 Å². The zero-order chi connectivity index (χ0) is 18.8. The van der Waals surface area contributed by atoms with Crippen LogP contribution in [0.2, 0.25) is 0 Å². The Morgan fingerprint density at radius 1 is 1.04 bits per heavy atom. The van der Waals surface area contributed by atoms with Crippen LogP contribution in [0, 0.1) is 0 Å². The normalized spacial score (nSPS) is 11.3. The maximum atomic E-state index is 6.18. The van der Waals surface area contributed by atoms with Gasteiger partial charge in [-0.25, -0.2) is 9.97 Å². The largest absolute Gasteiger partial charge is 0.489 e. The molecule has 0 aliphatic heterocycles. The standard InChI is InChI=1S/C21H22N4O2/c1-3-26-13-18-24-19-20(25(18)2)16-10-9-15(11-17(16)23-21(19)22)27-12-14-7-5-4-6-8-14/h4-11H,3,12-13H2,1-2H3,(H2,22,23). The number of aryl methyl sites for hydroxylation is 1. The first-order valence-electron chi connectivity index (χ1n) is 8.96. The molecule has 2 N–H and O–H groups in total. The summed E-state index contributed by atoms with van der Waals surface area (Å²) in [6.45, 7) is 3.56. The summed E-state index contributed by atoms with van der Waals surface area (Å²) in [5.41, 5.74) is 9.75. The Labute approximate surface area is 157 Å². The van der Waals surface area contributed by atoms with Gasteiger partial charge in [-0.15, -0.1) is 0 Å². The Hall–Kier alpha value is -3.12. The lowest BCUT2D eigenvalue weighted by atomic mass is 10.1. The number of hydrogen-bond acceptors (Lipinski definition) is 5. The quantitative estimate of drug-likeness (QED) is 0.564. The van der Waals surface area contributed by atoms with Crippen molar-refractivity contribution in [2.45, 2.75) is 20.1 Å². The summed E-state index contributed by atoms with van der Waals surface area (Å²) in [6, 6.07) is 16.0. The number of nitrogens with zero attached hydrogens (tertiary/aromatic N) is 3.